The fourth-order valence-electron chi connectivity index (χ4n) is 2.27. The van der Waals surface area contributed by atoms with Crippen molar-refractivity contribution in [3.8, 4) is 0 Å². The molecule has 1 amide bonds. The fraction of sp³-hybridized carbons (Fsp3) is 0.400. The molecule has 2 aromatic rings. The summed E-state index contributed by atoms with van der Waals surface area (Å²) in [6, 6.07) is 9.86. The Labute approximate surface area is 137 Å². The van der Waals surface area contributed by atoms with E-state index in [2.05, 4.69) is 10.2 Å². The molecule has 1 saturated heterocycles. The summed E-state index contributed by atoms with van der Waals surface area (Å²) in [7, 11) is 0. The first-order valence-electron chi connectivity index (χ1n) is 7.12. The van der Waals surface area contributed by atoms with Gasteiger partial charge in [0.2, 0.25) is 5.91 Å². The van der Waals surface area contributed by atoms with E-state index < -0.39 is 0 Å². The summed E-state index contributed by atoms with van der Waals surface area (Å²) >= 11 is 3.00. The first kappa shape index (κ1) is 15.5. The van der Waals surface area contributed by atoms with Crippen molar-refractivity contribution in [3.05, 3.63) is 40.9 Å². The van der Waals surface area contributed by atoms with E-state index in [1.54, 1.807) is 0 Å². The molecule has 1 aliphatic heterocycles. The van der Waals surface area contributed by atoms with Gasteiger partial charge in [-0.25, -0.2) is 0 Å². The number of carbonyl (C=O) groups excluding carboxylic acids is 1. The van der Waals surface area contributed by atoms with Gasteiger partial charge >= 0.3 is 0 Å². The second-order valence-electron chi connectivity index (χ2n) is 4.93. The molecule has 0 saturated carbocycles. The molecule has 1 aliphatic rings. The molecule has 1 unspecified atom stereocenters. The van der Waals surface area contributed by atoms with Crippen LogP contribution in [0, 0.1) is 6.92 Å². The molecule has 1 aromatic heterocycles. The van der Waals surface area contributed by atoms with Crippen LogP contribution in [-0.2, 0) is 9.53 Å². The first-order valence-corrected chi connectivity index (χ1v) is 8.82. The highest BCUT2D eigenvalue weighted by molar-refractivity contribution is 8.01. The van der Waals surface area contributed by atoms with Gasteiger partial charge in [0.1, 0.15) is 10.3 Å². The van der Waals surface area contributed by atoms with Crippen molar-refractivity contribution in [1.82, 2.24) is 15.1 Å². The van der Waals surface area contributed by atoms with Crippen molar-refractivity contribution in [2.24, 2.45) is 0 Å². The number of hydrogen-bond donors (Lipinski definition) is 0. The molecule has 3 rings (SSSR count). The molecule has 0 radical (unpaired) electrons. The third-order valence-corrected chi connectivity index (χ3v) is 5.54. The van der Waals surface area contributed by atoms with E-state index in [0.29, 0.717) is 26.3 Å². The monoisotopic (exact) mass is 335 g/mol. The maximum Gasteiger partial charge on any atom is 0.240 e. The molecule has 22 heavy (non-hydrogen) atoms. The quantitative estimate of drug-likeness (QED) is 0.804. The average molecular weight is 335 g/mol. The number of amides is 1. The van der Waals surface area contributed by atoms with Gasteiger partial charge in [0.15, 0.2) is 4.34 Å². The number of ether oxygens (including phenoxy) is 1. The number of thioether (sulfide) groups is 1. The zero-order valence-electron chi connectivity index (χ0n) is 12.3. The van der Waals surface area contributed by atoms with Gasteiger partial charge in [-0.05, 0) is 12.5 Å². The molecule has 5 nitrogen and oxygen atoms in total. The third kappa shape index (κ3) is 3.66. The lowest BCUT2D eigenvalue weighted by Gasteiger charge is -2.30. The Kier molecular flexibility index (Phi) is 5.07. The Morgan fingerprint density at radius 1 is 1.27 bits per heavy atom. The van der Waals surface area contributed by atoms with Gasteiger partial charge < -0.3 is 9.64 Å². The Balaban J connectivity index is 1.83. The fourth-order valence-corrected chi connectivity index (χ4v) is 4.36. The topological polar surface area (TPSA) is 55.3 Å². The average Bonchev–Trinajstić information content (AvgIpc) is 2.99. The second kappa shape index (κ2) is 7.21. The van der Waals surface area contributed by atoms with Crippen molar-refractivity contribution in [1.29, 1.82) is 0 Å². The van der Waals surface area contributed by atoms with Gasteiger partial charge in [0.05, 0.1) is 13.2 Å². The van der Waals surface area contributed by atoms with E-state index in [0.717, 1.165) is 14.9 Å². The molecule has 1 aromatic carbocycles. The number of morpholine rings is 1. The minimum absolute atomic E-state index is 0.118. The summed E-state index contributed by atoms with van der Waals surface area (Å²) < 4.78 is 6.16. The zero-order chi connectivity index (χ0) is 15.4. The van der Waals surface area contributed by atoms with Crippen molar-refractivity contribution < 1.29 is 9.53 Å². The largest absolute Gasteiger partial charge is 0.378 e. The maximum atomic E-state index is 12.9. The van der Waals surface area contributed by atoms with Crippen LogP contribution in [0.25, 0.3) is 0 Å². The lowest BCUT2D eigenvalue weighted by molar-refractivity contribution is -0.134. The van der Waals surface area contributed by atoms with Crippen LogP contribution in [0.4, 0.5) is 0 Å². The van der Waals surface area contributed by atoms with Crippen LogP contribution < -0.4 is 0 Å². The number of aromatic nitrogens is 2. The lowest BCUT2D eigenvalue weighted by Crippen LogP contribution is -2.42. The van der Waals surface area contributed by atoms with Gasteiger partial charge in [-0.2, -0.15) is 0 Å². The molecule has 0 N–H and O–H groups in total. The van der Waals surface area contributed by atoms with Crippen LogP contribution in [0.2, 0.25) is 0 Å². The molecule has 0 bridgehead atoms. The summed E-state index contributed by atoms with van der Waals surface area (Å²) in [6.45, 7) is 4.43. The van der Waals surface area contributed by atoms with E-state index in [1.165, 1.54) is 23.1 Å². The smallest absolute Gasteiger partial charge is 0.240 e. The Hall–Kier alpha value is -1.44. The van der Waals surface area contributed by atoms with E-state index >= 15 is 0 Å². The van der Waals surface area contributed by atoms with E-state index in [1.807, 2.05) is 42.2 Å². The Morgan fingerprint density at radius 3 is 2.64 bits per heavy atom. The van der Waals surface area contributed by atoms with Crippen LogP contribution in [0.5, 0.6) is 0 Å². The standard InChI is InChI=1S/C15H17N3O2S2/c1-11-16-17-15(21-11)22-13(12-5-3-2-4-6-12)14(19)18-7-9-20-10-8-18/h2-6,13H,7-10H2,1H3. The van der Waals surface area contributed by atoms with Crippen molar-refractivity contribution >= 4 is 29.0 Å². The van der Waals surface area contributed by atoms with Gasteiger partial charge in [0.25, 0.3) is 0 Å². The normalized spacial score (nSPS) is 16.5. The number of nitrogens with zero attached hydrogens (tertiary/aromatic N) is 3. The minimum Gasteiger partial charge on any atom is -0.378 e. The number of aryl methyl sites for hydroxylation is 1. The van der Waals surface area contributed by atoms with Crippen LogP contribution in [0.15, 0.2) is 34.7 Å². The van der Waals surface area contributed by atoms with Crippen LogP contribution >= 0.6 is 23.1 Å². The third-order valence-electron chi connectivity index (χ3n) is 3.38. The summed E-state index contributed by atoms with van der Waals surface area (Å²) in [6.07, 6.45) is 0. The van der Waals surface area contributed by atoms with Gasteiger partial charge in [0, 0.05) is 13.1 Å². The van der Waals surface area contributed by atoms with Crippen LogP contribution in [-0.4, -0.2) is 47.3 Å². The molecular formula is C15H17N3O2S2. The first-order chi connectivity index (χ1) is 10.7. The highest BCUT2D eigenvalue weighted by Gasteiger charge is 2.29. The summed E-state index contributed by atoms with van der Waals surface area (Å²) in [5.41, 5.74) is 0.997. The second-order valence-corrected chi connectivity index (χ2v) is 7.47. The molecule has 116 valence electrons. The number of rotatable bonds is 4. The van der Waals surface area contributed by atoms with Gasteiger partial charge in [-0.1, -0.05) is 53.4 Å². The highest BCUT2D eigenvalue weighted by Crippen LogP contribution is 2.38. The molecule has 1 atom stereocenters. The molecule has 1 fully saturated rings. The van der Waals surface area contributed by atoms with E-state index in [-0.39, 0.29) is 11.2 Å². The summed E-state index contributed by atoms with van der Waals surface area (Å²) in [5, 5.41) is 8.81. The van der Waals surface area contributed by atoms with E-state index in [4.69, 9.17) is 4.74 Å². The number of hydrogen-bond acceptors (Lipinski definition) is 6. The zero-order valence-corrected chi connectivity index (χ0v) is 13.9. The van der Waals surface area contributed by atoms with Crippen LogP contribution in [0.1, 0.15) is 15.8 Å². The molecule has 0 spiro atoms. The molecular weight excluding hydrogens is 318 g/mol. The molecule has 7 heteroatoms. The SMILES string of the molecule is Cc1nnc(SC(C(=O)N2CCOCC2)c2ccccc2)s1. The Bertz CT molecular complexity index is 627. The highest BCUT2D eigenvalue weighted by atomic mass is 32.2. The predicted molar refractivity (Wildman–Crippen MR) is 87.1 cm³/mol. The van der Waals surface area contributed by atoms with Gasteiger partial charge in [-0.3, -0.25) is 4.79 Å². The number of benzene rings is 1. The molecule has 0 aliphatic carbocycles. The van der Waals surface area contributed by atoms with Crippen molar-refractivity contribution in [2.45, 2.75) is 16.5 Å². The Morgan fingerprint density at radius 2 is 2.00 bits per heavy atom. The maximum absolute atomic E-state index is 12.9. The summed E-state index contributed by atoms with van der Waals surface area (Å²) in [5.74, 6) is 0.118. The van der Waals surface area contributed by atoms with Crippen molar-refractivity contribution in [3.63, 3.8) is 0 Å². The van der Waals surface area contributed by atoms with E-state index in [9.17, 15) is 4.79 Å². The van der Waals surface area contributed by atoms with Crippen molar-refractivity contribution in [2.75, 3.05) is 26.3 Å². The summed E-state index contributed by atoms with van der Waals surface area (Å²) in [4.78, 5) is 14.8. The molecule has 2 heterocycles. The number of carbonyl (C=O) groups is 1. The lowest BCUT2D eigenvalue weighted by atomic mass is 10.1. The van der Waals surface area contributed by atoms with Gasteiger partial charge in [-0.15, -0.1) is 10.2 Å². The minimum atomic E-state index is -0.286. The van der Waals surface area contributed by atoms with Crippen LogP contribution in [0.3, 0.4) is 0 Å². The predicted octanol–water partition coefficient (Wildman–Crippen LogP) is 2.54.